The lowest BCUT2D eigenvalue weighted by Gasteiger charge is -2.38. The predicted octanol–water partition coefficient (Wildman–Crippen LogP) is 7.61. The molecule has 0 aliphatic carbocycles. The van der Waals surface area contributed by atoms with Crippen LogP contribution in [0.2, 0.25) is 0 Å². The van der Waals surface area contributed by atoms with Gasteiger partial charge in [0.2, 0.25) is 8.45 Å². The minimum Gasteiger partial charge on any atom is -0.366 e. The van der Waals surface area contributed by atoms with Crippen molar-refractivity contribution in [2.24, 2.45) is 0 Å². The van der Waals surface area contributed by atoms with Crippen LogP contribution in [0.3, 0.4) is 0 Å². The number of para-hydroxylation sites is 2. The molecule has 0 spiro atoms. The molecule has 0 aromatic heterocycles. The van der Waals surface area contributed by atoms with Crippen LogP contribution in [0, 0.1) is 0 Å². The van der Waals surface area contributed by atoms with Crippen molar-refractivity contribution in [1.82, 2.24) is 10.6 Å². The summed E-state index contributed by atoms with van der Waals surface area (Å²) >= 11 is 5.38. The van der Waals surface area contributed by atoms with Crippen LogP contribution in [0.25, 0.3) is 0 Å². The van der Waals surface area contributed by atoms with Gasteiger partial charge in [-0.2, -0.15) is 0 Å². The van der Waals surface area contributed by atoms with E-state index in [1.165, 1.54) is 11.1 Å². The molecule has 2 N–H and O–H groups in total. The first kappa shape index (κ1) is 27.1. The molecule has 0 radical (unpaired) electrons. The summed E-state index contributed by atoms with van der Waals surface area (Å²) in [6, 6.07) is 42.9. The number of thiocarbonyl (C=S) groups is 1. The van der Waals surface area contributed by atoms with Crippen LogP contribution in [0.4, 0.5) is 11.4 Å². The zero-order valence-electron chi connectivity index (χ0n) is 22.6. The van der Waals surface area contributed by atoms with Gasteiger partial charge in [0.15, 0.2) is 5.11 Å². The predicted molar refractivity (Wildman–Crippen MR) is 168 cm³/mol. The molecule has 1 aliphatic heterocycles. The van der Waals surface area contributed by atoms with Crippen molar-refractivity contribution in [1.29, 1.82) is 0 Å². The third-order valence-electron chi connectivity index (χ3n) is 6.75. The van der Waals surface area contributed by atoms with Gasteiger partial charge in [-0.3, -0.25) is 0 Å². The Morgan fingerprint density at radius 1 is 0.718 bits per heavy atom. The maximum atomic E-state index is 7.20. The molecule has 1 saturated heterocycles. The third-order valence-corrected chi connectivity index (χ3v) is 9.45. The summed E-state index contributed by atoms with van der Waals surface area (Å²) in [7, 11) is 0.516. The smallest absolute Gasteiger partial charge is 0.250 e. The van der Waals surface area contributed by atoms with Crippen LogP contribution >= 0.6 is 20.7 Å². The average molecular weight is 555 g/mol. The molecule has 5 nitrogen and oxygen atoms in total. The van der Waals surface area contributed by atoms with E-state index in [-0.39, 0.29) is 12.1 Å². The van der Waals surface area contributed by atoms with E-state index in [1.807, 2.05) is 7.05 Å². The van der Waals surface area contributed by atoms with Gasteiger partial charge in [-0.15, -0.1) is 0 Å². The number of nitrogens with zero attached hydrogens (tertiary/aromatic N) is 2. The second-order valence-corrected chi connectivity index (χ2v) is 12.1. The van der Waals surface area contributed by atoms with Gasteiger partial charge in [0.05, 0.1) is 17.7 Å². The van der Waals surface area contributed by atoms with Gasteiger partial charge in [0, 0.05) is 25.0 Å². The van der Waals surface area contributed by atoms with Crippen LogP contribution < -0.4 is 20.0 Å². The van der Waals surface area contributed by atoms with E-state index in [0.29, 0.717) is 11.7 Å². The highest BCUT2D eigenvalue weighted by molar-refractivity contribution is 7.80. The fourth-order valence-electron chi connectivity index (χ4n) is 4.93. The third kappa shape index (κ3) is 6.09. The van der Waals surface area contributed by atoms with E-state index in [4.69, 9.17) is 16.7 Å². The molecule has 4 aromatic carbocycles. The van der Waals surface area contributed by atoms with Gasteiger partial charge < -0.3 is 24.5 Å². The van der Waals surface area contributed by atoms with E-state index in [1.54, 1.807) is 0 Å². The lowest BCUT2D eigenvalue weighted by Crippen LogP contribution is -2.43. The minimum atomic E-state index is -1.31. The highest BCUT2D eigenvalue weighted by Crippen LogP contribution is 2.68. The summed E-state index contributed by atoms with van der Waals surface area (Å²) in [6.45, 7) is 4.82. The first-order valence-electron chi connectivity index (χ1n) is 13.2. The van der Waals surface area contributed by atoms with Crippen molar-refractivity contribution in [2.75, 3.05) is 22.9 Å². The van der Waals surface area contributed by atoms with E-state index >= 15 is 0 Å². The summed E-state index contributed by atoms with van der Waals surface area (Å²) in [4.78, 5) is 0. The fourth-order valence-corrected chi connectivity index (χ4v) is 7.50. The van der Waals surface area contributed by atoms with Crippen molar-refractivity contribution in [3.63, 3.8) is 0 Å². The highest BCUT2D eigenvalue weighted by atomic mass is 32.1. The molecule has 0 saturated carbocycles. The molecule has 200 valence electrons. The van der Waals surface area contributed by atoms with Gasteiger partial charge in [0.1, 0.15) is 0 Å². The van der Waals surface area contributed by atoms with E-state index in [0.717, 1.165) is 11.4 Å². The second kappa shape index (κ2) is 12.2. The molecule has 0 bridgehead atoms. The number of hydrogen-bond donors (Lipinski definition) is 2. The number of benzene rings is 4. The zero-order valence-corrected chi connectivity index (χ0v) is 24.3. The number of hydrogen-bond acceptors (Lipinski definition) is 4. The van der Waals surface area contributed by atoms with Crippen molar-refractivity contribution >= 4 is 37.2 Å². The molecule has 0 amide bonds. The number of anilines is 2. The van der Waals surface area contributed by atoms with E-state index in [9.17, 15) is 0 Å². The molecule has 1 heterocycles. The normalized spacial score (nSPS) is 17.7. The monoisotopic (exact) mass is 554 g/mol. The van der Waals surface area contributed by atoms with E-state index < -0.39 is 14.1 Å². The van der Waals surface area contributed by atoms with Crippen molar-refractivity contribution in [3.8, 4) is 0 Å². The van der Waals surface area contributed by atoms with Crippen molar-refractivity contribution in [2.45, 2.75) is 31.5 Å². The van der Waals surface area contributed by atoms with Gasteiger partial charge in [-0.05, 0) is 61.5 Å². The molecule has 4 aromatic rings. The van der Waals surface area contributed by atoms with Crippen molar-refractivity contribution < 1.29 is 4.52 Å². The van der Waals surface area contributed by atoms with Crippen LogP contribution in [0.15, 0.2) is 121 Å². The van der Waals surface area contributed by atoms with Crippen LogP contribution in [0.1, 0.15) is 37.1 Å². The molecule has 2 atom stereocenters. The maximum absolute atomic E-state index is 7.20. The molecular formula is C32H35N4OPS. The van der Waals surface area contributed by atoms with Gasteiger partial charge in [-0.25, -0.2) is 0 Å². The largest absolute Gasteiger partial charge is 0.366 e. The molecule has 1 fully saturated rings. The van der Waals surface area contributed by atoms with E-state index in [2.05, 4.69) is 155 Å². The van der Waals surface area contributed by atoms with Gasteiger partial charge in [-0.1, -0.05) is 97.1 Å². The Kier molecular flexibility index (Phi) is 8.47. The second-order valence-electron chi connectivity index (χ2n) is 10.1. The number of nitrogens with one attached hydrogen (secondary N) is 2. The quantitative estimate of drug-likeness (QED) is 0.173. The van der Waals surface area contributed by atoms with Crippen LogP contribution in [-0.4, -0.2) is 24.3 Å². The topological polar surface area (TPSA) is 39.8 Å². The molecule has 0 unspecified atom stereocenters. The highest BCUT2D eigenvalue weighted by Gasteiger charge is 2.52. The standard InChI is InChI=1S/C32H35N4OPS/c1-32(2,24-34-31(39)33-3)37-38-35(27-20-12-6-13-21-27)29(25-16-8-4-9-17-25)30(26-18-10-5-11-19-26)36(38)28-22-14-7-15-23-28/h4-23,29-30H,24H2,1-3H3,(H2,33,34,39)/t29-,30-/m1/s1. The van der Waals surface area contributed by atoms with Gasteiger partial charge >= 0.3 is 0 Å². The lowest BCUT2D eigenvalue weighted by atomic mass is 9.92. The average Bonchev–Trinajstić information content (AvgIpc) is 3.31. The summed E-state index contributed by atoms with van der Waals surface area (Å²) in [5.74, 6) is 0. The Morgan fingerprint density at radius 3 is 1.49 bits per heavy atom. The fraction of sp³-hybridized carbons (Fsp3) is 0.219. The Hall–Kier alpha value is -3.44. The first-order valence-corrected chi connectivity index (χ1v) is 14.8. The maximum Gasteiger partial charge on any atom is 0.250 e. The van der Waals surface area contributed by atoms with Crippen LogP contribution in [0.5, 0.6) is 0 Å². The summed E-state index contributed by atoms with van der Waals surface area (Å²) in [6.07, 6.45) is 0. The Balaban J connectivity index is 1.70. The van der Waals surface area contributed by atoms with Gasteiger partial charge in [0.25, 0.3) is 0 Å². The first-order chi connectivity index (χ1) is 19.0. The lowest BCUT2D eigenvalue weighted by molar-refractivity contribution is 0.131. The summed E-state index contributed by atoms with van der Waals surface area (Å²) in [5, 5.41) is 6.92. The van der Waals surface area contributed by atoms with Crippen molar-refractivity contribution in [3.05, 3.63) is 132 Å². The van der Waals surface area contributed by atoms with Crippen LogP contribution in [-0.2, 0) is 4.52 Å². The summed E-state index contributed by atoms with van der Waals surface area (Å²) in [5.41, 5.74) is 4.24. The Morgan fingerprint density at radius 2 is 1.10 bits per heavy atom. The molecule has 5 rings (SSSR count). The Bertz CT molecular complexity index is 1250. The SMILES string of the molecule is CNC(=S)NCC(C)(C)OP1N(c2ccccc2)[C@H](c2ccccc2)[C@@H](c2ccccc2)N1c1ccccc1. The molecule has 39 heavy (non-hydrogen) atoms. The summed E-state index contributed by atoms with van der Waals surface area (Å²) < 4.78 is 12.2. The molecular weight excluding hydrogens is 519 g/mol. The minimum absolute atomic E-state index is 0.0180. The molecule has 1 aliphatic rings. The number of rotatable bonds is 8. The molecule has 7 heteroatoms. The zero-order chi connectivity index (χ0) is 27.2. The Labute approximate surface area is 238 Å².